The number of para-hydroxylation sites is 1. The maximum absolute atomic E-state index is 6.31. The number of pyridine rings is 1. The van der Waals surface area contributed by atoms with Gasteiger partial charge in [-0.15, -0.1) is 0 Å². The summed E-state index contributed by atoms with van der Waals surface area (Å²) < 4.78 is 2.03. The maximum Gasteiger partial charge on any atom is 0.142 e. The SMILES string of the molecule is CC1CCCN1c1ccc(-c2nc3cccc(Cl)c3n2C)cn1. The molecule has 0 spiro atoms. The Morgan fingerprint density at radius 2 is 2.09 bits per heavy atom. The number of nitrogens with zero attached hydrogens (tertiary/aromatic N) is 4. The van der Waals surface area contributed by atoms with Gasteiger partial charge in [-0.05, 0) is 44.0 Å². The maximum atomic E-state index is 6.31. The largest absolute Gasteiger partial charge is 0.354 e. The molecule has 5 heteroatoms. The molecule has 0 saturated carbocycles. The lowest BCUT2D eigenvalue weighted by Crippen LogP contribution is -2.26. The lowest BCUT2D eigenvalue weighted by molar-refractivity contribution is 0.727. The highest BCUT2D eigenvalue weighted by Gasteiger charge is 2.21. The van der Waals surface area contributed by atoms with Crippen LogP contribution in [0, 0.1) is 0 Å². The highest BCUT2D eigenvalue weighted by atomic mass is 35.5. The summed E-state index contributed by atoms with van der Waals surface area (Å²) in [6.07, 6.45) is 4.40. The molecule has 2 aromatic heterocycles. The Morgan fingerprint density at radius 3 is 2.74 bits per heavy atom. The second-order valence-corrected chi connectivity index (χ2v) is 6.60. The van der Waals surface area contributed by atoms with Crippen LogP contribution in [0.15, 0.2) is 36.5 Å². The molecule has 1 unspecified atom stereocenters. The number of aromatic nitrogens is 3. The van der Waals surface area contributed by atoms with Crippen LogP contribution in [0.4, 0.5) is 5.82 Å². The third-order valence-electron chi connectivity index (χ3n) is 4.70. The molecule has 1 saturated heterocycles. The van der Waals surface area contributed by atoms with Crippen molar-refractivity contribution in [2.75, 3.05) is 11.4 Å². The molecule has 1 aromatic carbocycles. The minimum atomic E-state index is 0.572. The molecule has 3 aromatic rings. The van der Waals surface area contributed by atoms with Gasteiger partial charge in [-0.3, -0.25) is 0 Å². The van der Waals surface area contributed by atoms with Crippen LogP contribution in [-0.4, -0.2) is 27.1 Å². The minimum absolute atomic E-state index is 0.572. The molecule has 0 amide bonds. The van der Waals surface area contributed by atoms with Crippen LogP contribution in [-0.2, 0) is 7.05 Å². The first-order valence-electron chi connectivity index (χ1n) is 7.99. The zero-order valence-electron chi connectivity index (χ0n) is 13.3. The molecule has 23 heavy (non-hydrogen) atoms. The summed E-state index contributed by atoms with van der Waals surface area (Å²) in [5.74, 6) is 1.94. The molecular formula is C18H19ClN4. The van der Waals surface area contributed by atoms with Crippen molar-refractivity contribution in [1.29, 1.82) is 0 Å². The molecule has 0 radical (unpaired) electrons. The van der Waals surface area contributed by atoms with E-state index in [2.05, 4.69) is 28.9 Å². The van der Waals surface area contributed by atoms with Crippen LogP contribution in [0.1, 0.15) is 19.8 Å². The van der Waals surface area contributed by atoms with Gasteiger partial charge >= 0.3 is 0 Å². The fourth-order valence-electron chi connectivity index (χ4n) is 3.44. The molecule has 0 aliphatic carbocycles. The zero-order valence-corrected chi connectivity index (χ0v) is 14.1. The molecule has 1 fully saturated rings. The molecule has 118 valence electrons. The number of imidazole rings is 1. The van der Waals surface area contributed by atoms with Gasteiger partial charge in [0.15, 0.2) is 0 Å². The fourth-order valence-corrected chi connectivity index (χ4v) is 3.74. The molecule has 0 bridgehead atoms. The second kappa shape index (κ2) is 5.53. The predicted molar refractivity (Wildman–Crippen MR) is 95.0 cm³/mol. The van der Waals surface area contributed by atoms with Gasteiger partial charge in [0.05, 0.1) is 16.1 Å². The van der Waals surface area contributed by atoms with E-state index in [1.165, 1.54) is 12.8 Å². The summed E-state index contributed by atoms with van der Waals surface area (Å²) in [5, 5.41) is 0.722. The van der Waals surface area contributed by atoms with Crippen molar-refractivity contribution in [2.45, 2.75) is 25.8 Å². The summed E-state index contributed by atoms with van der Waals surface area (Å²) >= 11 is 6.31. The number of anilines is 1. The first-order chi connectivity index (χ1) is 11.1. The molecule has 4 rings (SSSR count). The van der Waals surface area contributed by atoms with Crippen molar-refractivity contribution in [1.82, 2.24) is 14.5 Å². The Labute approximate surface area is 140 Å². The van der Waals surface area contributed by atoms with Crippen molar-refractivity contribution in [3.05, 3.63) is 41.6 Å². The average Bonchev–Trinajstić information content (AvgIpc) is 3.12. The summed E-state index contributed by atoms with van der Waals surface area (Å²) in [6.45, 7) is 3.35. The van der Waals surface area contributed by atoms with Gasteiger partial charge in [0, 0.05) is 31.4 Å². The Balaban J connectivity index is 1.74. The number of benzene rings is 1. The molecule has 1 aliphatic rings. The van der Waals surface area contributed by atoms with Crippen molar-refractivity contribution in [3.8, 4) is 11.4 Å². The van der Waals surface area contributed by atoms with Gasteiger partial charge in [0.25, 0.3) is 0 Å². The highest BCUT2D eigenvalue weighted by Crippen LogP contribution is 2.29. The first-order valence-corrected chi connectivity index (χ1v) is 8.37. The van der Waals surface area contributed by atoms with Crippen molar-refractivity contribution < 1.29 is 0 Å². The van der Waals surface area contributed by atoms with E-state index in [-0.39, 0.29) is 0 Å². The summed E-state index contributed by atoms with van der Waals surface area (Å²) in [4.78, 5) is 11.7. The molecule has 0 N–H and O–H groups in total. The van der Waals surface area contributed by atoms with E-state index in [0.717, 1.165) is 39.8 Å². The van der Waals surface area contributed by atoms with Crippen LogP contribution in [0.3, 0.4) is 0 Å². The van der Waals surface area contributed by atoms with Crippen molar-refractivity contribution in [3.63, 3.8) is 0 Å². The standard InChI is InChI=1S/C18H19ClN4/c1-12-5-4-10-23(12)16-9-8-13(11-20-16)18-21-15-7-3-6-14(19)17(15)22(18)2/h3,6-9,11-12H,4-5,10H2,1-2H3. The van der Waals surface area contributed by atoms with E-state index in [9.17, 15) is 0 Å². The van der Waals surface area contributed by atoms with E-state index >= 15 is 0 Å². The number of fused-ring (bicyclic) bond motifs is 1. The van der Waals surface area contributed by atoms with Gasteiger partial charge < -0.3 is 9.47 Å². The Morgan fingerprint density at radius 1 is 1.22 bits per heavy atom. The van der Waals surface area contributed by atoms with Gasteiger partial charge in [-0.2, -0.15) is 0 Å². The molecule has 3 heterocycles. The smallest absolute Gasteiger partial charge is 0.142 e. The van der Waals surface area contributed by atoms with Gasteiger partial charge in [-0.1, -0.05) is 17.7 Å². The highest BCUT2D eigenvalue weighted by molar-refractivity contribution is 6.35. The summed E-state index contributed by atoms with van der Waals surface area (Å²) in [7, 11) is 1.99. The summed E-state index contributed by atoms with van der Waals surface area (Å²) in [6, 6.07) is 10.6. The van der Waals surface area contributed by atoms with E-state index < -0.39 is 0 Å². The Hall–Kier alpha value is -2.07. The van der Waals surface area contributed by atoms with E-state index in [4.69, 9.17) is 16.6 Å². The number of halogens is 1. The van der Waals surface area contributed by atoms with Crippen LogP contribution in [0.2, 0.25) is 5.02 Å². The Kier molecular flexibility index (Phi) is 3.49. The van der Waals surface area contributed by atoms with E-state index in [0.29, 0.717) is 6.04 Å². The normalized spacial score (nSPS) is 18.0. The lowest BCUT2D eigenvalue weighted by atomic mass is 10.2. The first kappa shape index (κ1) is 14.5. The Bertz CT molecular complexity index is 853. The second-order valence-electron chi connectivity index (χ2n) is 6.19. The average molecular weight is 327 g/mol. The fraction of sp³-hybridized carbons (Fsp3) is 0.333. The van der Waals surface area contributed by atoms with E-state index in [1.807, 2.05) is 36.0 Å². The lowest BCUT2D eigenvalue weighted by Gasteiger charge is -2.22. The monoisotopic (exact) mass is 326 g/mol. The van der Waals surface area contributed by atoms with Crippen molar-refractivity contribution in [2.24, 2.45) is 7.05 Å². The predicted octanol–water partition coefficient (Wildman–Crippen LogP) is 4.28. The number of hydrogen-bond donors (Lipinski definition) is 0. The summed E-state index contributed by atoms with van der Waals surface area (Å²) in [5.41, 5.74) is 2.88. The molecule has 4 nitrogen and oxygen atoms in total. The third-order valence-corrected chi connectivity index (χ3v) is 5.00. The number of hydrogen-bond acceptors (Lipinski definition) is 3. The topological polar surface area (TPSA) is 34.0 Å². The van der Waals surface area contributed by atoms with Gasteiger partial charge in [0.1, 0.15) is 11.6 Å². The third kappa shape index (κ3) is 2.38. The molecular weight excluding hydrogens is 308 g/mol. The number of rotatable bonds is 2. The quantitative estimate of drug-likeness (QED) is 0.705. The molecule has 1 atom stereocenters. The molecule has 1 aliphatic heterocycles. The van der Waals surface area contributed by atoms with Crippen LogP contribution >= 0.6 is 11.6 Å². The van der Waals surface area contributed by atoms with Gasteiger partial charge in [0.2, 0.25) is 0 Å². The van der Waals surface area contributed by atoms with Gasteiger partial charge in [-0.25, -0.2) is 9.97 Å². The zero-order chi connectivity index (χ0) is 16.0. The van der Waals surface area contributed by atoms with E-state index in [1.54, 1.807) is 0 Å². The van der Waals surface area contributed by atoms with Crippen LogP contribution < -0.4 is 4.90 Å². The van der Waals surface area contributed by atoms with Crippen molar-refractivity contribution >= 4 is 28.5 Å². The number of aryl methyl sites for hydroxylation is 1. The minimum Gasteiger partial charge on any atom is -0.354 e. The van der Waals surface area contributed by atoms with Crippen LogP contribution in [0.25, 0.3) is 22.4 Å². The van der Waals surface area contributed by atoms with Crippen LogP contribution in [0.5, 0.6) is 0 Å².